The minimum atomic E-state index is -4.65. The Hall–Kier alpha value is -4.01. The van der Waals surface area contributed by atoms with E-state index in [1.54, 1.807) is 25.1 Å². The van der Waals surface area contributed by atoms with Gasteiger partial charge in [0.2, 0.25) is 16.9 Å². The van der Waals surface area contributed by atoms with Gasteiger partial charge in [0.25, 0.3) is 5.91 Å². The average Bonchev–Trinajstić information content (AvgIpc) is 3.28. The fraction of sp³-hybridized carbons (Fsp3) is 0.167. The molecule has 0 spiro atoms. The number of anilines is 1. The van der Waals surface area contributed by atoms with E-state index in [0.29, 0.717) is 5.58 Å². The number of hydrogen-bond donors (Lipinski definition) is 1. The molecule has 0 atom stereocenters. The van der Waals surface area contributed by atoms with Gasteiger partial charge < -0.3 is 18.9 Å². The predicted octanol–water partition coefficient (Wildman–Crippen LogP) is 5.71. The van der Waals surface area contributed by atoms with Crippen LogP contribution >= 0.6 is 0 Å². The molecule has 6 nitrogen and oxygen atoms in total. The molecule has 0 aliphatic rings. The Bertz CT molecular complexity index is 1390. The average molecular weight is 457 g/mol. The molecule has 4 aromatic rings. The van der Waals surface area contributed by atoms with Gasteiger partial charge in [-0.25, -0.2) is 0 Å². The molecule has 0 saturated heterocycles. The third kappa shape index (κ3) is 4.48. The summed E-state index contributed by atoms with van der Waals surface area (Å²) < 4.78 is 56.3. The van der Waals surface area contributed by atoms with E-state index in [4.69, 9.17) is 13.6 Å². The Morgan fingerprint density at radius 1 is 1.09 bits per heavy atom. The molecule has 1 N–H and O–H groups in total. The second kappa shape index (κ2) is 8.50. The minimum absolute atomic E-state index is 0.0204. The van der Waals surface area contributed by atoms with E-state index >= 15 is 0 Å². The van der Waals surface area contributed by atoms with Crippen molar-refractivity contribution < 1.29 is 31.5 Å². The first kappa shape index (κ1) is 22.2. The summed E-state index contributed by atoms with van der Waals surface area (Å²) in [4.78, 5) is 25.6. The van der Waals surface area contributed by atoms with Crippen molar-refractivity contribution in [2.75, 3.05) is 11.9 Å². The molecule has 0 saturated carbocycles. The maximum atomic E-state index is 13.2. The van der Waals surface area contributed by atoms with Crippen LogP contribution in [0.25, 0.3) is 22.5 Å². The number of para-hydroxylation sites is 1. The molecule has 0 aliphatic carbocycles. The summed E-state index contributed by atoms with van der Waals surface area (Å²) in [6.45, 7) is 2.88. The van der Waals surface area contributed by atoms with Crippen molar-refractivity contribution in [3.05, 3.63) is 81.7 Å². The zero-order valence-corrected chi connectivity index (χ0v) is 17.6. The van der Waals surface area contributed by atoms with Gasteiger partial charge in [-0.3, -0.25) is 9.59 Å². The summed E-state index contributed by atoms with van der Waals surface area (Å²) in [5.41, 5.74) is -0.0493. The highest BCUT2D eigenvalue weighted by Gasteiger charge is 2.33. The van der Waals surface area contributed by atoms with Gasteiger partial charge in [0.05, 0.1) is 22.9 Å². The van der Waals surface area contributed by atoms with Gasteiger partial charge in [0.1, 0.15) is 5.58 Å². The van der Waals surface area contributed by atoms with Gasteiger partial charge in [-0.05, 0) is 55.3 Å². The number of carbonyl (C=O) groups excluding carboxylic acids is 1. The molecule has 33 heavy (non-hydrogen) atoms. The van der Waals surface area contributed by atoms with Gasteiger partial charge in [0.15, 0.2) is 12.4 Å². The fourth-order valence-electron chi connectivity index (χ4n) is 3.50. The molecule has 9 heteroatoms. The van der Waals surface area contributed by atoms with Gasteiger partial charge in [-0.1, -0.05) is 18.2 Å². The largest absolute Gasteiger partial charge is 0.476 e. The van der Waals surface area contributed by atoms with Crippen LogP contribution in [0.2, 0.25) is 0 Å². The number of alkyl halides is 3. The predicted molar refractivity (Wildman–Crippen MR) is 115 cm³/mol. The highest BCUT2D eigenvalue weighted by Crippen LogP contribution is 2.35. The van der Waals surface area contributed by atoms with Crippen molar-refractivity contribution in [2.45, 2.75) is 20.0 Å². The van der Waals surface area contributed by atoms with Crippen LogP contribution in [0, 0.1) is 13.8 Å². The summed E-state index contributed by atoms with van der Waals surface area (Å²) >= 11 is 0. The molecule has 0 aliphatic heterocycles. The number of furan rings is 1. The highest BCUT2D eigenvalue weighted by molar-refractivity contribution is 5.93. The first-order valence-electron chi connectivity index (χ1n) is 9.86. The zero-order chi connectivity index (χ0) is 23.8. The maximum Gasteiger partial charge on any atom is 0.418 e. The van der Waals surface area contributed by atoms with Gasteiger partial charge in [-0.15, -0.1) is 0 Å². The van der Waals surface area contributed by atoms with Crippen LogP contribution in [-0.2, 0) is 11.0 Å². The topological polar surface area (TPSA) is 81.7 Å². The first-order valence-corrected chi connectivity index (χ1v) is 9.86. The molecular formula is C24H18F3NO5. The highest BCUT2D eigenvalue weighted by atomic mass is 19.4. The quantitative estimate of drug-likeness (QED) is 0.415. The number of nitrogens with one attached hydrogen (secondary N) is 1. The number of carbonyl (C=O) groups is 1. The monoisotopic (exact) mass is 457 g/mol. The first-order chi connectivity index (χ1) is 15.6. The van der Waals surface area contributed by atoms with Crippen LogP contribution in [0.1, 0.15) is 16.7 Å². The second-order valence-corrected chi connectivity index (χ2v) is 7.41. The normalized spacial score (nSPS) is 11.5. The molecule has 4 rings (SSSR count). The lowest BCUT2D eigenvalue weighted by atomic mass is 10.1. The van der Waals surface area contributed by atoms with Gasteiger partial charge in [0, 0.05) is 0 Å². The van der Waals surface area contributed by atoms with Crippen molar-refractivity contribution in [3.8, 4) is 17.3 Å². The lowest BCUT2D eigenvalue weighted by Gasteiger charge is -2.14. The fourth-order valence-corrected chi connectivity index (χ4v) is 3.50. The summed E-state index contributed by atoms with van der Waals surface area (Å²) in [7, 11) is 0. The summed E-state index contributed by atoms with van der Waals surface area (Å²) in [5, 5.41) is 2.43. The Labute approximate surface area is 185 Å². The van der Waals surface area contributed by atoms with Crippen LogP contribution in [0.4, 0.5) is 18.9 Å². The number of benzene rings is 2. The van der Waals surface area contributed by atoms with Crippen LogP contribution in [0.3, 0.4) is 0 Å². The standard InChI is InChI=1S/C24H18F3NO5/c1-13-10-14(2)21-15(11-13)20(30)23(22(33-21)18-8-5-9-31-18)32-12-19(29)28-17-7-4-3-6-16(17)24(25,26)27/h3-11H,12H2,1-2H3,(H,28,29). The van der Waals surface area contributed by atoms with E-state index in [2.05, 4.69) is 5.32 Å². The smallest absolute Gasteiger partial charge is 0.418 e. The molecule has 2 aromatic carbocycles. The van der Waals surface area contributed by atoms with Crippen molar-refractivity contribution in [3.63, 3.8) is 0 Å². The van der Waals surface area contributed by atoms with Crippen molar-refractivity contribution in [1.29, 1.82) is 0 Å². The minimum Gasteiger partial charge on any atom is -0.476 e. The Kier molecular flexibility index (Phi) is 5.71. The number of aryl methyl sites for hydroxylation is 2. The molecule has 0 fully saturated rings. The lowest BCUT2D eigenvalue weighted by Crippen LogP contribution is -2.24. The molecular weight excluding hydrogens is 439 g/mol. The summed E-state index contributed by atoms with van der Waals surface area (Å²) in [5.74, 6) is -0.974. The Balaban J connectivity index is 1.68. The number of fused-ring (bicyclic) bond motifs is 1. The van der Waals surface area contributed by atoms with E-state index in [-0.39, 0.29) is 22.7 Å². The zero-order valence-electron chi connectivity index (χ0n) is 17.6. The number of ether oxygens (including phenoxy) is 1. The van der Waals surface area contributed by atoms with Crippen LogP contribution < -0.4 is 15.5 Å². The van der Waals surface area contributed by atoms with Crippen molar-refractivity contribution in [1.82, 2.24) is 0 Å². The Morgan fingerprint density at radius 3 is 2.55 bits per heavy atom. The number of amides is 1. The van der Waals surface area contributed by atoms with Crippen molar-refractivity contribution in [2.24, 2.45) is 0 Å². The van der Waals surface area contributed by atoms with Crippen LogP contribution in [0.15, 0.2) is 68.4 Å². The summed E-state index contributed by atoms with van der Waals surface area (Å²) in [6.07, 6.45) is -3.27. The molecule has 0 radical (unpaired) electrons. The SMILES string of the molecule is Cc1cc(C)c2oc(-c3ccco3)c(OCC(=O)Nc3ccccc3C(F)(F)F)c(=O)c2c1. The third-order valence-electron chi connectivity index (χ3n) is 4.88. The molecule has 0 unspecified atom stereocenters. The third-order valence-corrected chi connectivity index (χ3v) is 4.88. The van der Waals surface area contributed by atoms with E-state index in [1.807, 2.05) is 13.0 Å². The molecule has 2 aromatic heterocycles. The van der Waals surface area contributed by atoms with E-state index in [9.17, 15) is 22.8 Å². The number of rotatable bonds is 5. The molecule has 0 bridgehead atoms. The van der Waals surface area contributed by atoms with E-state index in [1.165, 1.54) is 18.4 Å². The molecule has 170 valence electrons. The maximum absolute atomic E-state index is 13.2. The van der Waals surface area contributed by atoms with Crippen molar-refractivity contribution >= 4 is 22.6 Å². The Morgan fingerprint density at radius 2 is 1.85 bits per heavy atom. The summed E-state index contributed by atoms with van der Waals surface area (Å²) in [6, 6.07) is 11.2. The van der Waals surface area contributed by atoms with Crippen LogP contribution in [0.5, 0.6) is 5.75 Å². The number of halogens is 3. The van der Waals surface area contributed by atoms with Gasteiger partial charge >= 0.3 is 6.18 Å². The van der Waals surface area contributed by atoms with E-state index in [0.717, 1.165) is 23.3 Å². The van der Waals surface area contributed by atoms with Crippen LogP contribution in [-0.4, -0.2) is 12.5 Å². The van der Waals surface area contributed by atoms with Gasteiger partial charge in [-0.2, -0.15) is 13.2 Å². The second-order valence-electron chi connectivity index (χ2n) is 7.41. The number of hydrogen-bond acceptors (Lipinski definition) is 5. The lowest BCUT2D eigenvalue weighted by molar-refractivity contribution is -0.137. The van der Waals surface area contributed by atoms with E-state index < -0.39 is 35.4 Å². The molecule has 1 amide bonds. The molecule has 2 heterocycles.